The predicted octanol–water partition coefficient (Wildman–Crippen LogP) is 5.15. The smallest absolute Gasteiger partial charge is 0.335 e. The van der Waals surface area contributed by atoms with Crippen LogP contribution in [0.25, 0.3) is 6.08 Å². The quantitative estimate of drug-likeness (QED) is 0.426. The minimum Gasteiger partial charge on any atom is -0.487 e. The van der Waals surface area contributed by atoms with Gasteiger partial charge < -0.3 is 14.7 Å². The number of likely N-dealkylation sites (tertiary alicyclic amines) is 1. The average Bonchev–Trinajstić information content (AvgIpc) is 3.44. The number of carbonyl (C=O) groups is 4. The van der Waals surface area contributed by atoms with Gasteiger partial charge in [-0.15, -0.1) is 0 Å². The molecule has 2 fully saturated rings. The molecule has 0 bridgehead atoms. The van der Waals surface area contributed by atoms with Crippen LogP contribution in [0.3, 0.4) is 0 Å². The van der Waals surface area contributed by atoms with Crippen molar-refractivity contribution in [2.45, 2.75) is 19.4 Å². The highest BCUT2D eigenvalue weighted by atomic mass is 79.9. The van der Waals surface area contributed by atoms with Crippen LogP contribution in [0, 0.1) is 0 Å². The maximum absolute atomic E-state index is 12.8. The van der Waals surface area contributed by atoms with Crippen LogP contribution in [0.2, 0.25) is 0 Å². The number of ether oxygens (including phenoxy) is 1. The number of aromatic carboxylic acids is 1. The maximum Gasteiger partial charge on any atom is 0.335 e. The fourth-order valence-corrected chi connectivity index (χ4v) is 5.98. The minimum absolute atomic E-state index is 0.199. The Balaban J connectivity index is 1.44. The van der Waals surface area contributed by atoms with Gasteiger partial charge in [-0.2, -0.15) is 0 Å². The number of hydrogen-bond acceptors (Lipinski definition) is 6. The van der Waals surface area contributed by atoms with E-state index in [0.717, 1.165) is 35.1 Å². The second kappa shape index (κ2) is 11.0. The van der Waals surface area contributed by atoms with Crippen molar-refractivity contribution in [3.8, 4) is 5.75 Å². The summed E-state index contributed by atoms with van der Waals surface area (Å²) < 4.78 is 7.15. The molecule has 0 saturated carbocycles. The third-order valence-corrected chi connectivity index (χ3v) is 7.61. The number of imide groups is 1. The molecule has 35 heavy (non-hydrogen) atoms. The summed E-state index contributed by atoms with van der Waals surface area (Å²) in [7, 11) is 0. The molecule has 1 N–H and O–H groups in total. The molecule has 0 unspecified atom stereocenters. The second-order valence-electron chi connectivity index (χ2n) is 7.96. The fraction of sp³-hybridized carbons (Fsp3) is 0.250. The molecule has 0 radical (unpaired) electrons. The molecule has 0 aliphatic carbocycles. The lowest BCUT2D eigenvalue weighted by Crippen LogP contribution is -2.40. The average molecular weight is 624 g/mol. The van der Waals surface area contributed by atoms with Gasteiger partial charge in [0.1, 0.15) is 18.9 Å². The van der Waals surface area contributed by atoms with Crippen LogP contribution < -0.4 is 4.74 Å². The Morgan fingerprint density at radius 2 is 1.69 bits per heavy atom. The van der Waals surface area contributed by atoms with Gasteiger partial charge >= 0.3 is 5.97 Å². The monoisotopic (exact) mass is 622 g/mol. The largest absolute Gasteiger partial charge is 0.487 e. The van der Waals surface area contributed by atoms with E-state index in [4.69, 9.17) is 9.84 Å². The second-order valence-corrected chi connectivity index (χ2v) is 10.7. The van der Waals surface area contributed by atoms with E-state index >= 15 is 0 Å². The third-order valence-electron chi connectivity index (χ3n) is 5.53. The molecule has 11 heteroatoms. The molecule has 2 saturated heterocycles. The molecule has 0 atom stereocenters. The zero-order valence-electron chi connectivity index (χ0n) is 18.3. The van der Waals surface area contributed by atoms with Crippen LogP contribution in [0.5, 0.6) is 5.75 Å². The summed E-state index contributed by atoms with van der Waals surface area (Å²) in [6, 6.07) is 9.92. The van der Waals surface area contributed by atoms with Gasteiger partial charge in [-0.3, -0.25) is 19.3 Å². The Morgan fingerprint density at radius 1 is 1.06 bits per heavy atom. The zero-order chi connectivity index (χ0) is 25.1. The van der Waals surface area contributed by atoms with Gasteiger partial charge in [0.25, 0.3) is 11.1 Å². The summed E-state index contributed by atoms with van der Waals surface area (Å²) in [6.07, 6.45) is 3.48. The predicted molar refractivity (Wildman–Crippen MR) is 138 cm³/mol. The van der Waals surface area contributed by atoms with Gasteiger partial charge in [0.2, 0.25) is 5.91 Å². The number of thioether (sulfide) groups is 1. The van der Waals surface area contributed by atoms with Crippen molar-refractivity contribution in [3.63, 3.8) is 0 Å². The van der Waals surface area contributed by atoms with Crippen LogP contribution in [0.15, 0.2) is 50.2 Å². The molecule has 182 valence electrons. The van der Waals surface area contributed by atoms with Gasteiger partial charge in [0.15, 0.2) is 0 Å². The molecule has 2 aromatic carbocycles. The SMILES string of the molecule is O=C(O)c1ccc(COc2c(Br)cc(/C=C3/SC(=O)N(CC(=O)N4CCCC4)C3=O)cc2Br)cc1. The lowest BCUT2D eigenvalue weighted by atomic mass is 10.1. The summed E-state index contributed by atoms with van der Waals surface area (Å²) in [4.78, 5) is 51.5. The first-order valence-corrected chi connectivity index (χ1v) is 13.1. The summed E-state index contributed by atoms with van der Waals surface area (Å²) >= 11 is 7.77. The standard InChI is InChI=1S/C24H20Br2N2O6S/c25-17-9-15(10-18(26)21(17)34-13-14-3-5-16(6-4-14)23(31)32)11-19-22(30)28(24(33)35-19)12-20(29)27-7-1-2-8-27/h3-6,9-11H,1-2,7-8,12-13H2,(H,31,32)/b19-11+. The number of carbonyl (C=O) groups excluding carboxylic acids is 3. The van der Waals surface area contributed by atoms with Crippen molar-refractivity contribution >= 4 is 72.7 Å². The fourth-order valence-electron chi connectivity index (χ4n) is 3.69. The lowest BCUT2D eigenvalue weighted by Gasteiger charge is -2.18. The number of carboxylic acid groups (broad SMARTS) is 1. The molecular formula is C24H20Br2N2O6S. The van der Waals surface area contributed by atoms with E-state index < -0.39 is 17.1 Å². The van der Waals surface area contributed by atoms with E-state index in [1.54, 1.807) is 35.2 Å². The zero-order valence-corrected chi connectivity index (χ0v) is 22.3. The number of rotatable bonds is 7. The van der Waals surface area contributed by atoms with E-state index in [1.165, 1.54) is 12.1 Å². The molecule has 2 aliphatic rings. The number of carboxylic acids is 1. The molecule has 0 spiro atoms. The van der Waals surface area contributed by atoms with E-state index in [9.17, 15) is 19.2 Å². The highest BCUT2D eigenvalue weighted by molar-refractivity contribution is 9.11. The Morgan fingerprint density at radius 3 is 2.29 bits per heavy atom. The molecule has 2 aromatic rings. The van der Waals surface area contributed by atoms with Crippen molar-refractivity contribution in [1.29, 1.82) is 0 Å². The molecule has 8 nitrogen and oxygen atoms in total. The first-order valence-electron chi connectivity index (χ1n) is 10.7. The summed E-state index contributed by atoms with van der Waals surface area (Å²) in [5.41, 5.74) is 1.67. The minimum atomic E-state index is -0.991. The lowest BCUT2D eigenvalue weighted by molar-refractivity contribution is -0.135. The first kappa shape index (κ1) is 25.5. The maximum atomic E-state index is 12.8. The van der Waals surface area contributed by atoms with Crippen molar-refractivity contribution in [1.82, 2.24) is 9.80 Å². The number of nitrogens with zero attached hydrogens (tertiary/aromatic N) is 2. The van der Waals surface area contributed by atoms with Crippen LogP contribution in [0.4, 0.5) is 4.79 Å². The third kappa shape index (κ3) is 5.96. The van der Waals surface area contributed by atoms with E-state index in [2.05, 4.69) is 31.9 Å². The van der Waals surface area contributed by atoms with E-state index in [-0.39, 0.29) is 29.5 Å². The van der Waals surface area contributed by atoms with Crippen LogP contribution >= 0.6 is 43.6 Å². The van der Waals surface area contributed by atoms with Gasteiger partial charge in [-0.05, 0) is 97.9 Å². The van der Waals surface area contributed by atoms with Gasteiger partial charge in [-0.1, -0.05) is 12.1 Å². The van der Waals surface area contributed by atoms with Crippen molar-refractivity contribution in [2.75, 3.05) is 19.6 Å². The van der Waals surface area contributed by atoms with Gasteiger partial charge in [0, 0.05) is 13.1 Å². The highest BCUT2D eigenvalue weighted by Gasteiger charge is 2.37. The Bertz CT molecular complexity index is 1200. The number of benzene rings is 2. The Hall–Kier alpha value is -2.63. The Kier molecular flexibility index (Phi) is 7.98. The molecular weight excluding hydrogens is 604 g/mol. The van der Waals surface area contributed by atoms with Crippen LogP contribution in [-0.4, -0.2) is 57.6 Å². The molecule has 0 aromatic heterocycles. The van der Waals surface area contributed by atoms with Gasteiger partial charge in [-0.25, -0.2) is 4.79 Å². The van der Waals surface area contributed by atoms with Gasteiger partial charge in [0.05, 0.1) is 19.4 Å². The molecule has 3 amide bonds. The van der Waals surface area contributed by atoms with E-state index in [0.29, 0.717) is 33.3 Å². The first-order chi connectivity index (χ1) is 16.7. The summed E-state index contributed by atoms with van der Waals surface area (Å²) in [5, 5.41) is 8.55. The normalized spacial score (nSPS) is 16.9. The molecule has 2 heterocycles. The van der Waals surface area contributed by atoms with E-state index in [1.807, 2.05) is 0 Å². The topological polar surface area (TPSA) is 104 Å². The van der Waals surface area contributed by atoms with Crippen molar-refractivity contribution in [3.05, 3.63) is 66.9 Å². The van der Waals surface area contributed by atoms with Crippen molar-refractivity contribution in [2.24, 2.45) is 0 Å². The number of amides is 3. The number of hydrogen-bond donors (Lipinski definition) is 1. The Labute approximate surface area is 222 Å². The van der Waals surface area contributed by atoms with Crippen LogP contribution in [0.1, 0.15) is 34.3 Å². The number of halogens is 2. The van der Waals surface area contributed by atoms with Crippen LogP contribution in [-0.2, 0) is 16.2 Å². The molecule has 4 rings (SSSR count). The molecule has 2 aliphatic heterocycles. The van der Waals surface area contributed by atoms with Crippen molar-refractivity contribution < 1.29 is 29.0 Å². The summed E-state index contributed by atoms with van der Waals surface area (Å²) in [5.74, 6) is -1.15. The summed E-state index contributed by atoms with van der Waals surface area (Å²) in [6.45, 7) is 1.31. The highest BCUT2D eigenvalue weighted by Crippen LogP contribution is 2.38.